The summed E-state index contributed by atoms with van der Waals surface area (Å²) in [5.41, 5.74) is 1.74. The van der Waals surface area contributed by atoms with E-state index < -0.39 is 0 Å². The first kappa shape index (κ1) is 26.3. The van der Waals surface area contributed by atoms with E-state index in [1.807, 2.05) is 24.3 Å². The van der Waals surface area contributed by atoms with Gasteiger partial charge in [0, 0.05) is 5.56 Å². The van der Waals surface area contributed by atoms with Gasteiger partial charge in [-0.15, -0.1) is 0 Å². The van der Waals surface area contributed by atoms with E-state index in [-0.39, 0.29) is 5.60 Å². The zero-order chi connectivity index (χ0) is 26.0. The highest BCUT2D eigenvalue weighted by molar-refractivity contribution is 6.31. The molecule has 4 saturated carbocycles. The van der Waals surface area contributed by atoms with Crippen molar-refractivity contribution < 1.29 is 4.74 Å². The highest BCUT2D eigenvalue weighted by Gasteiger charge is 2.68. The van der Waals surface area contributed by atoms with Crippen molar-refractivity contribution in [3.05, 3.63) is 34.9 Å². The molecule has 6 rings (SSSR count). The maximum Gasteiger partial charge on any atom is 0.155 e. The van der Waals surface area contributed by atoms with E-state index in [1.54, 1.807) is 0 Å². The zero-order valence-electron chi connectivity index (χ0n) is 24.0. The Morgan fingerprint density at radius 3 is 2.51 bits per heavy atom. The van der Waals surface area contributed by atoms with Crippen LogP contribution in [0.3, 0.4) is 0 Å². The van der Waals surface area contributed by atoms with Crippen molar-refractivity contribution in [2.24, 2.45) is 52.3 Å². The fourth-order valence-electron chi connectivity index (χ4n) is 10.5. The lowest BCUT2D eigenvalue weighted by Gasteiger charge is -2.60. The molecule has 1 aliphatic heterocycles. The van der Waals surface area contributed by atoms with Gasteiger partial charge in [0.15, 0.2) is 5.60 Å². The van der Waals surface area contributed by atoms with E-state index in [0.29, 0.717) is 16.9 Å². The number of epoxide rings is 1. The molecule has 1 nitrogen and oxygen atoms in total. The lowest BCUT2D eigenvalue weighted by Crippen LogP contribution is -2.54. The van der Waals surface area contributed by atoms with E-state index in [0.717, 1.165) is 58.4 Å². The molecule has 10 atom stereocenters. The Bertz CT molecular complexity index is 1070. The highest BCUT2D eigenvalue weighted by Crippen LogP contribution is 2.71. The Hall–Kier alpha value is -0.970. The predicted molar refractivity (Wildman–Crippen MR) is 154 cm³/mol. The molecule has 4 aliphatic carbocycles. The van der Waals surface area contributed by atoms with Crippen LogP contribution in [0.5, 0.6) is 0 Å². The molecule has 1 aromatic carbocycles. The number of fused-ring (bicyclic) bond motifs is 6. The Labute approximate surface area is 231 Å². The van der Waals surface area contributed by atoms with Gasteiger partial charge in [-0.25, -0.2) is 0 Å². The first-order valence-electron chi connectivity index (χ1n) is 15.6. The summed E-state index contributed by atoms with van der Waals surface area (Å²) < 4.78 is 6.46. The second-order valence-corrected chi connectivity index (χ2v) is 15.2. The number of rotatable bonds is 5. The minimum absolute atomic E-state index is 0.205. The molecular formula is C35H49ClO. The fraction of sp³-hybridized carbons (Fsp3) is 0.771. The molecule has 0 bridgehead atoms. The highest BCUT2D eigenvalue weighted by atomic mass is 35.5. The quantitative estimate of drug-likeness (QED) is 0.278. The van der Waals surface area contributed by atoms with Crippen LogP contribution in [0.1, 0.15) is 111 Å². The van der Waals surface area contributed by atoms with Gasteiger partial charge in [-0.3, -0.25) is 0 Å². The van der Waals surface area contributed by atoms with E-state index in [1.165, 1.54) is 64.2 Å². The monoisotopic (exact) mass is 520 g/mol. The standard InChI is InChI=1S/C35H49ClO/c1-23(2)9-8-10-24(3)28-15-16-29-27-14-13-26-21-35(20-17-25-11-6-7-12-31(25)36)32(37-35)22-34(26,5)30(27)18-19-33(28,29)4/h6-7,11-12,23-24,26-30,32H,8-10,13-16,18-19,21-22H2,1-5H3. The number of halogens is 1. The molecule has 2 heteroatoms. The average molecular weight is 521 g/mol. The van der Waals surface area contributed by atoms with E-state index in [4.69, 9.17) is 16.3 Å². The molecule has 10 unspecified atom stereocenters. The van der Waals surface area contributed by atoms with Crippen molar-refractivity contribution in [1.29, 1.82) is 0 Å². The van der Waals surface area contributed by atoms with Crippen LogP contribution in [0.25, 0.3) is 0 Å². The minimum atomic E-state index is -0.205. The summed E-state index contributed by atoms with van der Waals surface area (Å²) in [6, 6.07) is 7.96. The van der Waals surface area contributed by atoms with Gasteiger partial charge in [-0.1, -0.05) is 89.5 Å². The van der Waals surface area contributed by atoms with Crippen LogP contribution in [0.15, 0.2) is 24.3 Å². The number of ether oxygens (including phenoxy) is 1. The third-order valence-corrected chi connectivity index (χ3v) is 12.9. The Balaban J connectivity index is 1.15. The molecule has 1 aromatic rings. The minimum Gasteiger partial charge on any atom is -0.352 e. The largest absolute Gasteiger partial charge is 0.352 e. The summed E-state index contributed by atoms with van der Waals surface area (Å²) >= 11 is 6.39. The van der Waals surface area contributed by atoms with Crippen LogP contribution in [0.2, 0.25) is 5.02 Å². The van der Waals surface area contributed by atoms with Gasteiger partial charge in [0.1, 0.15) is 6.10 Å². The second kappa shape index (κ2) is 9.59. The van der Waals surface area contributed by atoms with Crippen LogP contribution in [0.4, 0.5) is 0 Å². The van der Waals surface area contributed by atoms with Gasteiger partial charge in [-0.05, 0) is 116 Å². The van der Waals surface area contributed by atoms with Crippen molar-refractivity contribution in [2.45, 2.75) is 117 Å². The Kier molecular flexibility index (Phi) is 6.81. The van der Waals surface area contributed by atoms with Crippen LogP contribution in [-0.4, -0.2) is 11.7 Å². The molecule has 37 heavy (non-hydrogen) atoms. The molecule has 1 heterocycles. The maximum absolute atomic E-state index is 6.46. The smallest absolute Gasteiger partial charge is 0.155 e. The molecule has 0 radical (unpaired) electrons. The summed E-state index contributed by atoms with van der Waals surface area (Å²) in [6.07, 6.45) is 15.6. The van der Waals surface area contributed by atoms with Crippen LogP contribution >= 0.6 is 11.6 Å². The first-order chi connectivity index (χ1) is 17.7. The lowest BCUT2D eigenvalue weighted by molar-refractivity contribution is -0.112. The third-order valence-electron chi connectivity index (χ3n) is 12.5. The lowest BCUT2D eigenvalue weighted by atomic mass is 9.44. The van der Waals surface area contributed by atoms with Crippen molar-refractivity contribution in [1.82, 2.24) is 0 Å². The van der Waals surface area contributed by atoms with Crippen molar-refractivity contribution >= 4 is 11.6 Å². The van der Waals surface area contributed by atoms with Crippen molar-refractivity contribution in [3.63, 3.8) is 0 Å². The summed E-state index contributed by atoms with van der Waals surface area (Å²) in [5.74, 6) is 13.2. The zero-order valence-corrected chi connectivity index (χ0v) is 24.7. The summed E-state index contributed by atoms with van der Waals surface area (Å²) in [4.78, 5) is 0. The van der Waals surface area contributed by atoms with Crippen molar-refractivity contribution in [2.75, 3.05) is 0 Å². The molecule has 1 saturated heterocycles. The van der Waals surface area contributed by atoms with Crippen LogP contribution < -0.4 is 0 Å². The van der Waals surface area contributed by atoms with Gasteiger partial charge in [0.05, 0.1) is 5.02 Å². The van der Waals surface area contributed by atoms with Gasteiger partial charge >= 0.3 is 0 Å². The van der Waals surface area contributed by atoms with Crippen molar-refractivity contribution in [3.8, 4) is 11.8 Å². The predicted octanol–water partition coefficient (Wildman–Crippen LogP) is 9.56. The fourth-order valence-corrected chi connectivity index (χ4v) is 10.7. The molecule has 0 spiro atoms. The number of benzene rings is 1. The van der Waals surface area contributed by atoms with Gasteiger partial charge < -0.3 is 4.74 Å². The molecule has 0 N–H and O–H groups in total. The molecule has 0 amide bonds. The normalized spacial score (nSPS) is 44.6. The van der Waals surface area contributed by atoms with E-state index in [2.05, 4.69) is 46.5 Å². The second-order valence-electron chi connectivity index (χ2n) is 14.8. The Morgan fingerprint density at radius 1 is 0.946 bits per heavy atom. The summed E-state index contributed by atoms with van der Waals surface area (Å²) in [5, 5.41) is 0.749. The van der Waals surface area contributed by atoms with Gasteiger partial charge in [0.25, 0.3) is 0 Å². The number of hydrogen-bond acceptors (Lipinski definition) is 1. The van der Waals surface area contributed by atoms with Gasteiger partial charge in [-0.2, -0.15) is 0 Å². The third kappa shape index (κ3) is 4.42. The summed E-state index contributed by atoms with van der Waals surface area (Å²) in [7, 11) is 0. The topological polar surface area (TPSA) is 12.5 Å². The van der Waals surface area contributed by atoms with E-state index in [9.17, 15) is 0 Å². The summed E-state index contributed by atoms with van der Waals surface area (Å²) in [6.45, 7) is 12.7. The van der Waals surface area contributed by atoms with Crippen LogP contribution in [0, 0.1) is 64.1 Å². The maximum atomic E-state index is 6.46. The molecule has 202 valence electrons. The Morgan fingerprint density at radius 2 is 1.73 bits per heavy atom. The average Bonchev–Trinajstić information content (AvgIpc) is 3.41. The molecule has 5 aliphatic rings. The first-order valence-corrected chi connectivity index (χ1v) is 16.0. The molecule has 5 fully saturated rings. The molecule has 0 aromatic heterocycles. The van der Waals surface area contributed by atoms with E-state index >= 15 is 0 Å². The SMILES string of the molecule is CC(C)CCCC(C)C1CCC2C3CCC4CC5(C#Cc6ccccc6Cl)OC5CC4(C)C3CCC12C. The number of hydrogen-bond donors (Lipinski definition) is 0. The van der Waals surface area contributed by atoms with Crippen LogP contribution in [-0.2, 0) is 4.74 Å². The molecular weight excluding hydrogens is 472 g/mol. The van der Waals surface area contributed by atoms with Gasteiger partial charge in [0.2, 0.25) is 0 Å².